The molecule has 0 aliphatic carbocycles. The number of aromatic nitrogens is 1. The first kappa shape index (κ1) is 15.3. The van der Waals surface area contributed by atoms with Crippen LogP contribution in [0, 0.1) is 0 Å². The van der Waals surface area contributed by atoms with Gasteiger partial charge in [-0.3, -0.25) is 4.79 Å². The Labute approximate surface area is 125 Å². The van der Waals surface area contributed by atoms with Gasteiger partial charge in [0.1, 0.15) is 5.75 Å². The first-order valence-electron chi connectivity index (χ1n) is 7.26. The number of rotatable bonds is 7. The zero-order valence-corrected chi connectivity index (χ0v) is 12.6. The van der Waals surface area contributed by atoms with Gasteiger partial charge < -0.3 is 14.6 Å². The number of nitrogens with zero attached hydrogens (tertiary/aromatic N) is 1. The van der Waals surface area contributed by atoms with Gasteiger partial charge in [0.05, 0.1) is 13.7 Å². The lowest BCUT2D eigenvalue weighted by Crippen LogP contribution is -2.19. The minimum absolute atomic E-state index is 0.00550. The summed E-state index contributed by atoms with van der Waals surface area (Å²) in [6.07, 6.45) is 2.91. The van der Waals surface area contributed by atoms with Crippen LogP contribution in [0.15, 0.2) is 47.4 Å². The third kappa shape index (κ3) is 4.20. The largest absolute Gasteiger partial charge is 0.496 e. The van der Waals surface area contributed by atoms with Crippen LogP contribution in [0.25, 0.3) is 0 Å². The second-order valence-electron chi connectivity index (χ2n) is 4.99. The number of ether oxygens (including phenoxy) is 1. The van der Waals surface area contributed by atoms with Crippen molar-refractivity contribution in [2.75, 3.05) is 13.7 Å². The SMILES string of the molecule is CCCNCc1ccc(OC)c(Cn2ccccc2=O)c1. The predicted octanol–water partition coefficient (Wildman–Crippen LogP) is 2.40. The summed E-state index contributed by atoms with van der Waals surface area (Å²) in [7, 11) is 1.65. The van der Waals surface area contributed by atoms with Gasteiger partial charge in [-0.25, -0.2) is 0 Å². The number of pyridine rings is 1. The standard InChI is InChI=1S/C17H22N2O2/c1-3-9-18-12-14-7-8-16(21-2)15(11-14)13-19-10-5-4-6-17(19)20/h4-8,10-11,18H,3,9,12-13H2,1-2H3. The van der Waals surface area contributed by atoms with Crippen LogP contribution in [0.4, 0.5) is 0 Å². The van der Waals surface area contributed by atoms with Gasteiger partial charge in [-0.05, 0) is 36.7 Å². The number of methoxy groups -OCH3 is 1. The lowest BCUT2D eigenvalue weighted by molar-refractivity contribution is 0.408. The average Bonchev–Trinajstić information content (AvgIpc) is 2.50. The maximum atomic E-state index is 11.8. The van der Waals surface area contributed by atoms with E-state index in [9.17, 15) is 4.79 Å². The van der Waals surface area contributed by atoms with Gasteiger partial charge >= 0.3 is 0 Å². The Hall–Kier alpha value is -2.07. The molecule has 0 spiro atoms. The van der Waals surface area contributed by atoms with E-state index in [1.165, 1.54) is 5.56 Å². The van der Waals surface area contributed by atoms with Crippen molar-refractivity contribution in [2.45, 2.75) is 26.4 Å². The number of hydrogen-bond acceptors (Lipinski definition) is 3. The summed E-state index contributed by atoms with van der Waals surface area (Å²) < 4.78 is 7.08. The fraction of sp³-hybridized carbons (Fsp3) is 0.353. The summed E-state index contributed by atoms with van der Waals surface area (Å²) in [6.45, 7) is 4.49. The molecule has 2 rings (SSSR count). The van der Waals surface area contributed by atoms with Crippen molar-refractivity contribution < 1.29 is 4.74 Å². The highest BCUT2D eigenvalue weighted by Crippen LogP contribution is 2.20. The van der Waals surface area contributed by atoms with Gasteiger partial charge in [-0.15, -0.1) is 0 Å². The van der Waals surface area contributed by atoms with Crippen molar-refractivity contribution in [1.29, 1.82) is 0 Å². The highest BCUT2D eigenvalue weighted by Gasteiger charge is 2.06. The molecule has 1 aromatic carbocycles. The van der Waals surface area contributed by atoms with E-state index in [4.69, 9.17) is 4.74 Å². The Morgan fingerprint density at radius 1 is 1.24 bits per heavy atom. The summed E-state index contributed by atoms with van der Waals surface area (Å²) in [4.78, 5) is 11.8. The second-order valence-corrected chi connectivity index (χ2v) is 4.99. The van der Waals surface area contributed by atoms with E-state index in [0.29, 0.717) is 6.54 Å². The number of hydrogen-bond donors (Lipinski definition) is 1. The summed E-state index contributed by atoms with van der Waals surface area (Å²) in [6, 6.07) is 11.3. The van der Waals surface area contributed by atoms with E-state index in [1.807, 2.05) is 12.1 Å². The maximum Gasteiger partial charge on any atom is 0.250 e. The van der Waals surface area contributed by atoms with E-state index in [0.717, 1.165) is 30.8 Å². The van der Waals surface area contributed by atoms with Gasteiger partial charge in [0.2, 0.25) is 0 Å². The Bertz CT molecular complexity index is 635. The molecular formula is C17H22N2O2. The van der Waals surface area contributed by atoms with Gasteiger partial charge in [-0.2, -0.15) is 0 Å². The summed E-state index contributed by atoms with van der Waals surface area (Å²) >= 11 is 0. The molecule has 1 heterocycles. The minimum Gasteiger partial charge on any atom is -0.496 e. The molecule has 1 N–H and O–H groups in total. The van der Waals surface area contributed by atoms with Crippen LogP contribution in [0.5, 0.6) is 5.75 Å². The molecule has 0 bridgehead atoms. The van der Waals surface area contributed by atoms with Crippen LogP contribution in [-0.4, -0.2) is 18.2 Å². The Morgan fingerprint density at radius 2 is 2.10 bits per heavy atom. The van der Waals surface area contributed by atoms with E-state index >= 15 is 0 Å². The topological polar surface area (TPSA) is 43.3 Å². The Morgan fingerprint density at radius 3 is 2.81 bits per heavy atom. The highest BCUT2D eigenvalue weighted by atomic mass is 16.5. The fourth-order valence-electron chi connectivity index (χ4n) is 2.25. The number of benzene rings is 1. The first-order chi connectivity index (χ1) is 10.2. The van der Waals surface area contributed by atoms with E-state index in [1.54, 1.807) is 30.0 Å². The minimum atomic E-state index is -0.00550. The van der Waals surface area contributed by atoms with E-state index < -0.39 is 0 Å². The number of nitrogens with one attached hydrogen (secondary N) is 1. The van der Waals surface area contributed by atoms with Crippen molar-refractivity contribution in [1.82, 2.24) is 9.88 Å². The summed E-state index contributed by atoms with van der Waals surface area (Å²) in [5, 5.41) is 3.38. The van der Waals surface area contributed by atoms with Crippen molar-refractivity contribution in [3.05, 3.63) is 64.1 Å². The van der Waals surface area contributed by atoms with Crippen LogP contribution in [-0.2, 0) is 13.1 Å². The summed E-state index contributed by atoms with van der Waals surface area (Å²) in [5.74, 6) is 0.810. The van der Waals surface area contributed by atoms with Crippen LogP contribution >= 0.6 is 0 Å². The van der Waals surface area contributed by atoms with Crippen molar-refractivity contribution in [3.63, 3.8) is 0 Å². The average molecular weight is 286 g/mol. The smallest absolute Gasteiger partial charge is 0.250 e. The zero-order valence-electron chi connectivity index (χ0n) is 12.6. The van der Waals surface area contributed by atoms with Crippen LogP contribution in [0.2, 0.25) is 0 Å². The molecule has 0 saturated heterocycles. The third-order valence-corrected chi connectivity index (χ3v) is 3.34. The molecule has 0 amide bonds. The zero-order chi connectivity index (χ0) is 15.1. The predicted molar refractivity (Wildman–Crippen MR) is 84.8 cm³/mol. The molecular weight excluding hydrogens is 264 g/mol. The maximum absolute atomic E-state index is 11.8. The quantitative estimate of drug-likeness (QED) is 0.795. The molecule has 0 aliphatic heterocycles. The molecule has 0 aliphatic rings. The first-order valence-corrected chi connectivity index (χ1v) is 7.26. The Kier molecular flexibility index (Phi) is 5.58. The molecule has 2 aromatic rings. The molecule has 0 saturated carbocycles. The van der Waals surface area contributed by atoms with Crippen molar-refractivity contribution >= 4 is 0 Å². The van der Waals surface area contributed by atoms with Gasteiger partial charge in [0.15, 0.2) is 0 Å². The Balaban J connectivity index is 2.21. The van der Waals surface area contributed by atoms with Crippen molar-refractivity contribution in [2.24, 2.45) is 0 Å². The molecule has 0 radical (unpaired) electrons. The van der Waals surface area contributed by atoms with Gasteiger partial charge in [-0.1, -0.05) is 19.1 Å². The van der Waals surface area contributed by atoms with Gasteiger partial charge in [0.25, 0.3) is 5.56 Å². The lowest BCUT2D eigenvalue weighted by atomic mass is 10.1. The summed E-state index contributed by atoms with van der Waals surface area (Å²) in [5.41, 5.74) is 2.21. The van der Waals surface area contributed by atoms with Crippen molar-refractivity contribution in [3.8, 4) is 5.75 Å². The van der Waals surface area contributed by atoms with Crippen LogP contribution in [0.1, 0.15) is 24.5 Å². The molecule has 4 nitrogen and oxygen atoms in total. The van der Waals surface area contributed by atoms with Gasteiger partial charge in [0, 0.05) is 24.4 Å². The molecule has 112 valence electrons. The molecule has 0 fully saturated rings. The monoisotopic (exact) mass is 286 g/mol. The van der Waals surface area contributed by atoms with E-state index in [2.05, 4.69) is 24.4 Å². The van der Waals surface area contributed by atoms with Crippen LogP contribution < -0.4 is 15.6 Å². The molecule has 4 heteroatoms. The molecule has 0 unspecified atom stereocenters. The third-order valence-electron chi connectivity index (χ3n) is 3.34. The lowest BCUT2D eigenvalue weighted by Gasteiger charge is -2.12. The second kappa shape index (κ2) is 7.64. The molecule has 21 heavy (non-hydrogen) atoms. The highest BCUT2D eigenvalue weighted by molar-refractivity contribution is 5.37. The molecule has 0 atom stereocenters. The molecule has 1 aromatic heterocycles. The van der Waals surface area contributed by atoms with Crippen LogP contribution in [0.3, 0.4) is 0 Å². The fourth-order valence-corrected chi connectivity index (χ4v) is 2.25. The normalized spacial score (nSPS) is 10.6. The van der Waals surface area contributed by atoms with E-state index in [-0.39, 0.29) is 5.56 Å².